The van der Waals surface area contributed by atoms with Crippen molar-refractivity contribution in [2.75, 3.05) is 31.6 Å². The molecule has 1 fully saturated rings. The minimum Gasteiger partial charge on any atom is -0.468 e. The molecule has 1 aromatic carbocycles. The summed E-state index contributed by atoms with van der Waals surface area (Å²) < 4.78 is 5.46. The van der Waals surface area contributed by atoms with Crippen LogP contribution in [-0.2, 0) is 11.3 Å². The van der Waals surface area contributed by atoms with Crippen molar-refractivity contribution < 1.29 is 14.3 Å². The van der Waals surface area contributed by atoms with Crippen LogP contribution in [0.5, 0.6) is 5.88 Å². The van der Waals surface area contributed by atoms with Crippen LogP contribution in [0.25, 0.3) is 0 Å². The summed E-state index contributed by atoms with van der Waals surface area (Å²) in [5, 5.41) is 8.33. The topological polar surface area (TPSA) is 95.6 Å². The lowest BCUT2D eigenvalue weighted by Crippen LogP contribution is -2.45. The molecule has 30 heavy (non-hydrogen) atoms. The van der Waals surface area contributed by atoms with Crippen LogP contribution in [0.2, 0.25) is 0 Å². The van der Waals surface area contributed by atoms with Crippen molar-refractivity contribution >= 4 is 17.6 Å². The van der Waals surface area contributed by atoms with E-state index in [4.69, 9.17) is 4.74 Å². The highest BCUT2D eigenvalue weighted by molar-refractivity contribution is 5.88. The molecule has 0 atom stereocenters. The van der Waals surface area contributed by atoms with Gasteiger partial charge in [0, 0.05) is 38.3 Å². The van der Waals surface area contributed by atoms with Gasteiger partial charge < -0.3 is 20.7 Å². The van der Waals surface area contributed by atoms with Crippen molar-refractivity contribution in [3.8, 4) is 5.88 Å². The fraction of sp³-hybridized carbons (Fsp3) is 0.409. The van der Waals surface area contributed by atoms with Crippen LogP contribution in [0.3, 0.4) is 0 Å². The molecule has 0 radical (unpaired) electrons. The molecule has 2 aromatic rings. The van der Waals surface area contributed by atoms with Crippen LogP contribution in [-0.4, -0.2) is 54.1 Å². The largest absolute Gasteiger partial charge is 0.468 e. The second-order valence-corrected chi connectivity index (χ2v) is 7.26. The number of piperidine rings is 1. The van der Waals surface area contributed by atoms with Gasteiger partial charge >= 0.3 is 6.03 Å². The van der Waals surface area contributed by atoms with Gasteiger partial charge in [-0.15, -0.1) is 0 Å². The number of rotatable bonds is 8. The van der Waals surface area contributed by atoms with Crippen molar-refractivity contribution in [1.29, 1.82) is 0 Å². The summed E-state index contributed by atoms with van der Waals surface area (Å²) in [6.07, 6.45) is 3.35. The molecule has 0 unspecified atom stereocenters. The first-order valence-corrected chi connectivity index (χ1v) is 10.3. The van der Waals surface area contributed by atoms with Crippen molar-refractivity contribution in [3.63, 3.8) is 0 Å². The highest BCUT2D eigenvalue weighted by atomic mass is 16.5. The lowest BCUT2D eigenvalue weighted by Gasteiger charge is -2.32. The molecule has 8 nitrogen and oxygen atoms in total. The van der Waals surface area contributed by atoms with E-state index in [2.05, 4.69) is 50.1 Å². The molecule has 0 aliphatic carbocycles. The number of carbonyl (C=O) groups is 2. The van der Waals surface area contributed by atoms with Gasteiger partial charge in [0.25, 0.3) is 5.91 Å². The summed E-state index contributed by atoms with van der Waals surface area (Å²) >= 11 is 0. The van der Waals surface area contributed by atoms with Gasteiger partial charge in [-0.05, 0) is 31.4 Å². The third kappa shape index (κ3) is 7.04. The van der Waals surface area contributed by atoms with Gasteiger partial charge in [0.15, 0.2) is 6.61 Å². The number of nitrogens with zero attached hydrogens (tertiary/aromatic N) is 2. The van der Waals surface area contributed by atoms with Gasteiger partial charge in [0.1, 0.15) is 0 Å². The van der Waals surface area contributed by atoms with Gasteiger partial charge in [-0.3, -0.25) is 9.69 Å². The fourth-order valence-electron chi connectivity index (χ4n) is 3.36. The van der Waals surface area contributed by atoms with E-state index in [1.54, 1.807) is 12.1 Å². The molecule has 3 amide bonds. The number of benzene rings is 1. The Labute approximate surface area is 177 Å². The van der Waals surface area contributed by atoms with E-state index in [9.17, 15) is 9.59 Å². The number of likely N-dealkylation sites (tertiary alicyclic amines) is 1. The number of carbonyl (C=O) groups excluding carboxylic acids is 2. The molecule has 8 heteroatoms. The van der Waals surface area contributed by atoms with E-state index in [0.29, 0.717) is 18.1 Å². The summed E-state index contributed by atoms with van der Waals surface area (Å²) in [5.41, 5.74) is 1.87. The van der Waals surface area contributed by atoms with Gasteiger partial charge in [-0.2, -0.15) is 0 Å². The minimum absolute atomic E-state index is 0.0830. The lowest BCUT2D eigenvalue weighted by molar-refractivity contribution is -0.124. The molecule has 1 aliphatic rings. The molecule has 1 saturated heterocycles. The van der Waals surface area contributed by atoms with E-state index in [-0.39, 0.29) is 24.6 Å². The van der Waals surface area contributed by atoms with Gasteiger partial charge in [-0.1, -0.05) is 30.3 Å². The van der Waals surface area contributed by atoms with E-state index in [1.807, 2.05) is 13.0 Å². The number of ether oxygens (including phenoxy) is 1. The van der Waals surface area contributed by atoms with E-state index in [1.165, 1.54) is 11.8 Å². The van der Waals surface area contributed by atoms with Crippen LogP contribution in [0.15, 0.2) is 48.7 Å². The summed E-state index contributed by atoms with van der Waals surface area (Å²) in [5.74, 6) is 0.187. The maximum absolute atomic E-state index is 12.2. The third-order valence-electron chi connectivity index (χ3n) is 4.88. The first kappa shape index (κ1) is 21.6. The average molecular weight is 412 g/mol. The summed E-state index contributed by atoms with van der Waals surface area (Å²) in [6, 6.07) is 13.6. The Bertz CT molecular complexity index is 805. The minimum atomic E-state index is -0.290. The molecule has 3 N–H and O–H groups in total. The number of pyridine rings is 1. The number of anilines is 1. The molecule has 160 valence electrons. The Kier molecular flexibility index (Phi) is 8.02. The highest BCUT2D eigenvalue weighted by Crippen LogP contribution is 2.14. The number of hydrogen-bond acceptors (Lipinski definition) is 5. The Morgan fingerprint density at radius 2 is 1.90 bits per heavy atom. The van der Waals surface area contributed by atoms with Crippen LogP contribution in [0.1, 0.15) is 25.3 Å². The first-order valence-electron chi connectivity index (χ1n) is 10.3. The summed E-state index contributed by atoms with van der Waals surface area (Å²) in [4.78, 5) is 30.2. The Hall–Kier alpha value is -3.13. The standard InChI is InChI=1S/C22H29N5O3/c1-2-23-22(29)26-19-8-9-21(24-14-19)30-16-20(28)25-18-10-12-27(13-11-18)15-17-6-4-3-5-7-17/h3-9,14,18H,2,10-13,15-16H2,1H3,(H,25,28)(H2,23,26,29). The summed E-state index contributed by atoms with van der Waals surface area (Å²) in [6.45, 7) is 5.17. The Balaban J connectivity index is 1.34. The molecule has 1 aromatic heterocycles. The maximum Gasteiger partial charge on any atom is 0.319 e. The molecule has 3 rings (SSSR count). The summed E-state index contributed by atoms with van der Waals surface area (Å²) in [7, 11) is 0. The average Bonchev–Trinajstić information content (AvgIpc) is 2.75. The molecule has 0 saturated carbocycles. The number of amides is 3. The monoisotopic (exact) mass is 411 g/mol. The Morgan fingerprint density at radius 3 is 2.57 bits per heavy atom. The zero-order valence-electron chi connectivity index (χ0n) is 17.3. The van der Waals surface area contributed by atoms with Crippen molar-refractivity contribution in [1.82, 2.24) is 20.5 Å². The van der Waals surface area contributed by atoms with Crippen molar-refractivity contribution in [3.05, 3.63) is 54.2 Å². The maximum atomic E-state index is 12.2. The number of hydrogen-bond donors (Lipinski definition) is 3. The molecule has 1 aliphatic heterocycles. The van der Waals surface area contributed by atoms with E-state index >= 15 is 0 Å². The molecular weight excluding hydrogens is 382 g/mol. The van der Waals surface area contributed by atoms with Crippen molar-refractivity contribution in [2.24, 2.45) is 0 Å². The predicted molar refractivity (Wildman–Crippen MR) is 115 cm³/mol. The normalized spacial score (nSPS) is 14.7. The van der Waals surface area contributed by atoms with Gasteiger partial charge in [0.2, 0.25) is 5.88 Å². The highest BCUT2D eigenvalue weighted by Gasteiger charge is 2.20. The number of aromatic nitrogens is 1. The smallest absolute Gasteiger partial charge is 0.319 e. The van der Waals surface area contributed by atoms with Crippen LogP contribution in [0.4, 0.5) is 10.5 Å². The van der Waals surface area contributed by atoms with Gasteiger partial charge in [-0.25, -0.2) is 9.78 Å². The quantitative estimate of drug-likeness (QED) is 0.620. The van der Waals surface area contributed by atoms with E-state index < -0.39 is 0 Å². The fourth-order valence-corrected chi connectivity index (χ4v) is 3.36. The number of nitrogens with one attached hydrogen (secondary N) is 3. The zero-order valence-corrected chi connectivity index (χ0v) is 17.3. The van der Waals surface area contributed by atoms with E-state index in [0.717, 1.165) is 32.5 Å². The second kappa shape index (κ2) is 11.2. The third-order valence-corrected chi connectivity index (χ3v) is 4.88. The Morgan fingerprint density at radius 1 is 1.13 bits per heavy atom. The van der Waals surface area contributed by atoms with Crippen LogP contribution < -0.4 is 20.7 Å². The number of urea groups is 1. The first-order chi connectivity index (χ1) is 14.6. The molecule has 0 bridgehead atoms. The zero-order chi connectivity index (χ0) is 21.2. The SMILES string of the molecule is CCNC(=O)Nc1ccc(OCC(=O)NC2CCN(Cc3ccccc3)CC2)nc1. The lowest BCUT2D eigenvalue weighted by atomic mass is 10.0. The molecular formula is C22H29N5O3. The van der Waals surface area contributed by atoms with Crippen LogP contribution in [0, 0.1) is 0 Å². The molecule has 0 spiro atoms. The van der Waals surface area contributed by atoms with Crippen LogP contribution >= 0.6 is 0 Å². The second-order valence-electron chi connectivity index (χ2n) is 7.26. The molecule has 2 heterocycles. The van der Waals surface area contributed by atoms with Gasteiger partial charge in [0.05, 0.1) is 11.9 Å². The van der Waals surface area contributed by atoms with Crippen molar-refractivity contribution in [2.45, 2.75) is 32.4 Å². The predicted octanol–water partition coefficient (Wildman–Crippen LogP) is 2.38.